The van der Waals surface area contributed by atoms with Crippen molar-refractivity contribution in [2.45, 2.75) is 18.7 Å². The SMILES string of the molecule is CNCCNS(=O)(=O)c1ccc(C)c(NC(C)=O)c1.Cl. The number of rotatable bonds is 6. The molecule has 6 nitrogen and oxygen atoms in total. The second-order valence-corrected chi connectivity index (χ2v) is 5.93. The predicted octanol–water partition coefficient (Wildman–Crippen LogP) is 0.873. The Morgan fingerprint density at radius 1 is 1.25 bits per heavy atom. The first-order valence-corrected chi connectivity index (χ1v) is 7.37. The molecule has 1 amide bonds. The first kappa shape index (κ1) is 18.9. The van der Waals surface area contributed by atoms with Crippen molar-refractivity contribution in [2.75, 3.05) is 25.5 Å². The minimum Gasteiger partial charge on any atom is -0.326 e. The Morgan fingerprint density at radius 2 is 1.90 bits per heavy atom. The highest BCUT2D eigenvalue weighted by atomic mass is 35.5. The van der Waals surface area contributed by atoms with Crippen LogP contribution in [0.1, 0.15) is 12.5 Å². The number of sulfonamides is 1. The minimum absolute atomic E-state index is 0. The van der Waals surface area contributed by atoms with Gasteiger partial charge >= 0.3 is 0 Å². The summed E-state index contributed by atoms with van der Waals surface area (Å²) in [7, 11) is -1.80. The van der Waals surface area contributed by atoms with Crippen LogP contribution in [0.4, 0.5) is 5.69 Å². The first-order valence-electron chi connectivity index (χ1n) is 5.89. The van der Waals surface area contributed by atoms with E-state index in [1.807, 2.05) is 0 Å². The molecule has 8 heteroatoms. The summed E-state index contributed by atoms with van der Waals surface area (Å²) in [6.07, 6.45) is 0. The number of likely N-dealkylation sites (N-methyl/N-ethyl adjacent to an activating group) is 1. The molecule has 1 aromatic rings. The fraction of sp³-hybridized carbons (Fsp3) is 0.417. The lowest BCUT2D eigenvalue weighted by molar-refractivity contribution is -0.114. The molecule has 0 aliphatic rings. The van der Waals surface area contributed by atoms with Crippen LogP contribution in [0.25, 0.3) is 0 Å². The standard InChI is InChI=1S/C12H19N3O3S.ClH/c1-9-4-5-11(8-12(9)15-10(2)16)19(17,18)14-7-6-13-3;/h4-5,8,13-14H,6-7H2,1-3H3,(H,15,16);1H. The molecule has 0 aliphatic carbocycles. The van der Waals surface area contributed by atoms with Crippen LogP contribution in [0, 0.1) is 6.92 Å². The van der Waals surface area contributed by atoms with E-state index >= 15 is 0 Å². The number of hydrogen-bond acceptors (Lipinski definition) is 4. The van der Waals surface area contributed by atoms with Gasteiger partial charge in [-0.1, -0.05) is 6.07 Å². The van der Waals surface area contributed by atoms with Crippen LogP contribution in [-0.4, -0.2) is 34.5 Å². The molecule has 1 aromatic carbocycles. The largest absolute Gasteiger partial charge is 0.326 e. The third kappa shape index (κ3) is 5.46. The lowest BCUT2D eigenvalue weighted by atomic mass is 10.2. The smallest absolute Gasteiger partial charge is 0.240 e. The van der Waals surface area contributed by atoms with Crippen molar-refractivity contribution in [1.82, 2.24) is 10.0 Å². The second-order valence-electron chi connectivity index (χ2n) is 4.16. The summed E-state index contributed by atoms with van der Waals surface area (Å²) < 4.78 is 26.5. The third-order valence-electron chi connectivity index (χ3n) is 2.50. The average Bonchev–Trinajstić information content (AvgIpc) is 2.31. The lowest BCUT2D eigenvalue weighted by Crippen LogP contribution is -2.30. The molecule has 0 unspecified atom stereocenters. The molecule has 1 rings (SSSR count). The summed E-state index contributed by atoms with van der Waals surface area (Å²) in [6.45, 7) is 4.04. The Hall–Kier alpha value is -1.15. The van der Waals surface area contributed by atoms with Crippen LogP contribution in [0.3, 0.4) is 0 Å². The van der Waals surface area contributed by atoms with E-state index in [1.165, 1.54) is 19.1 Å². The van der Waals surface area contributed by atoms with Crippen molar-refractivity contribution in [3.8, 4) is 0 Å². The Balaban J connectivity index is 0.00000361. The summed E-state index contributed by atoms with van der Waals surface area (Å²) in [5.41, 5.74) is 1.31. The van der Waals surface area contributed by atoms with Gasteiger partial charge < -0.3 is 10.6 Å². The highest BCUT2D eigenvalue weighted by Crippen LogP contribution is 2.20. The Kier molecular flexibility index (Phi) is 7.74. The van der Waals surface area contributed by atoms with Gasteiger partial charge in [0.2, 0.25) is 15.9 Å². The Morgan fingerprint density at radius 3 is 2.45 bits per heavy atom. The molecule has 3 N–H and O–H groups in total. The van der Waals surface area contributed by atoms with E-state index < -0.39 is 10.0 Å². The number of hydrogen-bond donors (Lipinski definition) is 3. The van der Waals surface area contributed by atoms with Gasteiger partial charge in [-0.05, 0) is 31.7 Å². The van der Waals surface area contributed by atoms with Crippen LogP contribution in [0.5, 0.6) is 0 Å². The molecular weight excluding hydrogens is 302 g/mol. The maximum atomic E-state index is 12.0. The molecule has 114 valence electrons. The summed E-state index contributed by atoms with van der Waals surface area (Å²) in [5, 5.41) is 5.46. The van der Waals surface area contributed by atoms with Crippen LogP contribution >= 0.6 is 12.4 Å². The van der Waals surface area contributed by atoms with Gasteiger partial charge in [0.05, 0.1) is 4.90 Å². The van der Waals surface area contributed by atoms with Gasteiger partial charge in [0.25, 0.3) is 0 Å². The van der Waals surface area contributed by atoms with Crippen molar-refractivity contribution in [3.63, 3.8) is 0 Å². The van der Waals surface area contributed by atoms with E-state index in [2.05, 4.69) is 15.4 Å². The molecular formula is C12H20ClN3O3S. The van der Waals surface area contributed by atoms with Crippen LogP contribution in [0.15, 0.2) is 23.1 Å². The number of nitrogens with one attached hydrogen (secondary N) is 3. The zero-order valence-electron chi connectivity index (χ0n) is 11.7. The molecule has 0 heterocycles. The zero-order valence-corrected chi connectivity index (χ0v) is 13.3. The maximum absolute atomic E-state index is 12.0. The van der Waals surface area contributed by atoms with Gasteiger partial charge in [-0.15, -0.1) is 12.4 Å². The van der Waals surface area contributed by atoms with Crippen molar-refractivity contribution < 1.29 is 13.2 Å². The average molecular weight is 322 g/mol. The fourth-order valence-corrected chi connectivity index (χ4v) is 2.54. The molecule has 0 atom stereocenters. The number of amides is 1. The number of carbonyl (C=O) groups is 1. The molecule has 0 aliphatic heterocycles. The van der Waals surface area contributed by atoms with Crippen LogP contribution in [-0.2, 0) is 14.8 Å². The van der Waals surface area contributed by atoms with Crippen molar-refractivity contribution in [2.24, 2.45) is 0 Å². The Bertz CT molecular complexity index is 561. The van der Waals surface area contributed by atoms with E-state index in [1.54, 1.807) is 20.0 Å². The van der Waals surface area contributed by atoms with Gasteiger partial charge in [-0.3, -0.25) is 4.79 Å². The number of benzene rings is 1. The topological polar surface area (TPSA) is 87.3 Å². The first-order chi connectivity index (χ1) is 8.86. The van der Waals surface area contributed by atoms with E-state index in [9.17, 15) is 13.2 Å². The number of carbonyl (C=O) groups excluding carboxylic acids is 1. The molecule has 0 aromatic heterocycles. The quantitative estimate of drug-likeness (QED) is 0.679. The van der Waals surface area contributed by atoms with E-state index in [0.717, 1.165) is 5.56 Å². The number of aryl methyl sites for hydroxylation is 1. The van der Waals surface area contributed by atoms with E-state index in [0.29, 0.717) is 18.8 Å². The molecule has 20 heavy (non-hydrogen) atoms. The monoisotopic (exact) mass is 321 g/mol. The van der Waals surface area contributed by atoms with Gasteiger partial charge in [0.1, 0.15) is 0 Å². The predicted molar refractivity (Wildman–Crippen MR) is 81.8 cm³/mol. The number of halogens is 1. The Labute approximate surface area is 125 Å². The van der Waals surface area contributed by atoms with Gasteiger partial charge in [0, 0.05) is 25.7 Å². The third-order valence-corrected chi connectivity index (χ3v) is 3.96. The molecule has 0 bridgehead atoms. The number of anilines is 1. The van der Waals surface area contributed by atoms with Crippen LogP contribution in [0.2, 0.25) is 0 Å². The van der Waals surface area contributed by atoms with Crippen molar-refractivity contribution >= 4 is 34.0 Å². The molecule has 0 fully saturated rings. The molecule has 0 saturated carbocycles. The minimum atomic E-state index is -3.55. The van der Waals surface area contributed by atoms with Gasteiger partial charge in [0.15, 0.2) is 0 Å². The highest BCUT2D eigenvalue weighted by molar-refractivity contribution is 7.89. The van der Waals surface area contributed by atoms with Crippen LogP contribution < -0.4 is 15.4 Å². The summed E-state index contributed by atoms with van der Waals surface area (Å²) in [5.74, 6) is -0.235. The van der Waals surface area contributed by atoms with E-state index in [4.69, 9.17) is 0 Å². The molecule has 0 spiro atoms. The summed E-state index contributed by atoms with van der Waals surface area (Å²) in [6, 6.07) is 4.64. The summed E-state index contributed by atoms with van der Waals surface area (Å²) >= 11 is 0. The maximum Gasteiger partial charge on any atom is 0.240 e. The van der Waals surface area contributed by atoms with Gasteiger partial charge in [-0.2, -0.15) is 0 Å². The highest BCUT2D eigenvalue weighted by Gasteiger charge is 2.14. The lowest BCUT2D eigenvalue weighted by Gasteiger charge is -2.10. The van der Waals surface area contributed by atoms with Gasteiger partial charge in [-0.25, -0.2) is 13.1 Å². The molecule has 0 saturated heterocycles. The van der Waals surface area contributed by atoms with Crippen molar-refractivity contribution in [3.05, 3.63) is 23.8 Å². The fourth-order valence-electron chi connectivity index (χ4n) is 1.49. The van der Waals surface area contributed by atoms with E-state index in [-0.39, 0.29) is 23.2 Å². The zero-order chi connectivity index (χ0) is 14.5. The van der Waals surface area contributed by atoms with Crippen molar-refractivity contribution in [1.29, 1.82) is 0 Å². The molecule has 0 radical (unpaired) electrons. The second kappa shape index (κ2) is 8.21. The normalized spacial score (nSPS) is 10.8. The summed E-state index contributed by atoms with van der Waals surface area (Å²) in [4.78, 5) is 11.2.